The second-order valence-electron chi connectivity index (χ2n) is 4.95. The van der Waals surface area contributed by atoms with E-state index in [1.54, 1.807) is 31.0 Å². The summed E-state index contributed by atoms with van der Waals surface area (Å²) in [6.07, 6.45) is 3.34. The number of carbonyl (C=O) groups excluding carboxylic acids is 1. The highest BCUT2D eigenvalue weighted by molar-refractivity contribution is 7.54. The van der Waals surface area contributed by atoms with Crippen molar-refractivity contribution < 1.29 is 18.4 Å². The van der Waals surface area contributed by atoms with E-state index in [2.05, 4.69) is 6.58 Å². The molecule has 2 amide bonds. The molecule has 1 rings (SSSR count). The van der Waals surface area contributed by atoms with Crippen molar-refractivity contribution in [1.29, 1.82) is 0 Å². The van der Waals surface area contributed by atoms with Gasteiger partial charge in [0.15, 0.2) is 5.78 Å². The molecule has 0 saturated carbocycles. The predicted octanol–water partition coefficient (Wildman–Crippen LogP) is 3.43. The molecule has 0 aliphatic carbocycles. The average molecular weight is 316 g/mol. The summed E-state index contributed by atoms with van der Waals surface area (Å²) >= 11 is 0. The Morgan fingerprint density at radius 1 is 1.38 bits per heavy atom. The van der Waals surface area contributed by atoms with Crippen LogP contribution in [-0.4, -0.2) is 47.9 Å². The molecule has 120 valence electrons. The van der Waals surface area contributed by atoms with Gasteiger partial charge in [0, 0.05) is 12.7 Å². The van der Waals surface area contributed by atoms with Crippen LogP contribution in [0.1, 0.15) is 27.7 Å². The van der Waals surface area contributed by atoms with E-state index in [0.717, 1.165) is 5.57 Å². The average Bonchev–Trinajstić information content (AvgIpc) is 2.69. The Balaban J connectivity index is 3.15. The summed E-state index contributed by atoms with van der Waals surface area (Å²) in [6, 6.07) is -0.208. The summed E-state index contributed by atoms with van der Waals surface area (Å²) in [5.74, 6) is -0.625. The minimum absolute atomic E-state index is 0.208. The second-order valence-corrected chi connectivity index (χ2v) is 7.14. The molecule has 0 aromatic carbocycles. The van der Waals surface area contributed by atoms with Gasteiger partial charge in [-0.3, -0.25) is 9.46 Å². The Bertz CT molecular complexity index is 450. The van der Waals surface area contributed by atoms with Crippen LogP contribution in [0.15, 0.2) is 24.4 Å². The zero-order valence-electron chi connectivity index (χ0n) is 13.2. The maximum Gasteiger partial charge on any atom is 0.355 e. The fourth-order valence-electron chi connectivity index (χ4n) is 2.20. The Labute approximate surface area is 126 Å². The predicted molar refractivity (Wildman–Crippen MR) is 83.1 cm³/mol. The lowest BCUT2D eigenvalue weighted by atomic mass is 10.4. The first-order valence-electron chi connectivity index (χ1n) is 7.11. The van der Waals surface area contributed by atoms with E-state index in [9.17, 15) is 9.36 Å². The van der Waals surface area contributed by atoms with Gasteiger partial charge >= 0.3 is 13.6 Å². The van der Waals surface area contributed by atoms with Crippen LogP contribution >= 0.6 is 7.60 Å². The van der Waals surface area contributed by atoms with Gasteiger partial charge in [-0.05, 0) is 27.7 Å². The van der Waals surface area contributed by atoms with Crippen LogP contribution in [0.3, 0.4) is 0 Å². The highest BCUT2D eigenvalue weighted by Crippen LogP contribution is 2.56. The molecule has 0 radical (unpaired) electrons. The molecule has 1 atom stereocenters. The van der Waals surface area contributed by atoms with Crippen LogP contribution in [0.4, 0.5) is 4.79 Å². The number of allylic oxidation sites excluding steroid dienone is 1. The lowest BCUT2D eigenvalue weighted by Crippen LogP contribution is -2.31. The van der Waals surface area contributed by atoms with Gasteiger partial charge < -0.3 is 13.9 Å². The normalized spacial score (nSPS) is 19.0. The molecule has 7 heteroatoms. The molecule has 1 saturated heterocycles. The van der Waals surface area contributed by atoms with Gasteiger partial charge in [0.2, 0.25) is 0 Å². The first-order valence-corrected chi connectivity index (χ1v) is 8.72. The molecular weight excluding hydrogens is 291 g/mol. The first kappa shape index (κ1) is 18.0. The third-order valence-electron chi connectivity index (χ3n) is 2.93. The molecule has 0 aromatic rings. The molecule has 1 fully saturated rings. The number of carbonyl (C=O) groups is 1. The largest absolute Gasteiger partial charge is 0.355 e. The molecule has 0 N–H and O–H groups in total. The standard InChI is InChI=1S/C14H25N2O4P/c1-6-9-15-11-13(16(14(15)17)10-12(4)5)21(18,19-7-2)20-8-3/h6,10,13H,1,7-9,11H2,2-5H3. The Kier molecular flexibility index (Phi) is 6.65. The lowest BCUT2D eigenvalue weighted by molar-refractivity contribution is 0.190. The molecule has 1 aliphatic heterocycles. The van der Waals surface area contributed by atoms with Crippen molar-refractivity contribution in [2.75, 3.05) is 26.3 Å². The van der Waals surface area contributed by atoms with Crippen LogP contribution < -0.4 is 0 Å². The van der Waals surface area contributed by atoms with Crippen LogP contribution in [-0.2, 0) is 13.6 Å². The van der Waals surface area contributed by atoms with E-state index in [4.69, 9.17) is 9.05 Å². The summed E-state index contributed by atoms with van der Waals surface area (Å²) < 4.78 is 23.8. The number of rotatable bonds is 8. The van der Waals surface area contributed by atoms with Crippen LogP contribution in [0.25, 0.3) is 0 Å². The third-order valence-corrected chi connectivity index (χ3v) is 5.30. The quantitative estimate of drug-likeness (QED) is 0.508. The van der Waals surface area contributed by atoms with Gasteiger partial charge in [0.05, 0.1) is 19.8 Å². The summed E-state index contributed by atoms with van der Waals surface area (Å²) in [7, 11) is -3.39. The maximum atomic E-state index is 13.0. The van der Waals surface area contributed by atoms with Gasteiger partial charge in [-0.1, -0.05) is 11.6 Å². The van der Waals surface area contributed by atoms with Crippen molar-refractivity contribution in [1.82, 2.24) is 9.80 Å². The number of hydrogen-bond acceptors (Lipinski definition) is 4. The fourth-order valence-corrected chi connectivity index (χ4v) is 4.21. The van der Waals surface area contributed by atoms with Crippen molar-refractivity contribution in [3.05, 3.63) is 24.4 Å². The topological polar surface area (TPSA) is 59.1 Å². The maximum absolute atomic E-state index is 13.0. The minimum Gasteiger partial charge on any atom is -0.318 e. The van der Waals surface area contributed by atoms with Gasteiger partial charge in [-0.15, -0.1) is 6.58 Å². The number of nitrogens with zero attached hydrogens (tertiary/aromatic N) is 2. The Morgan fingerprint density at radius 3 is 2.38 bits per heavy atom. The summed E-state index contributed by atoms with van der Waals surface area (Å²) in [4.78, 5) is 15.5. The van der Waals surface area contributed by atoms with Gasteiger partial charge in [0.1, 0.15) is 0 Å². The molecule has 1 unspecified atom stereocenters. The van der Waals surface area contributed by atoms with Gasteiger partial charge in [-0.25, -0.2) is 4.79 Å². The smallest absolute Gasteiger partial charge is 0.318 e. The fraction of sp³-hybridized carbons (Fsp3) is 0.643. The summed E-state index contributed by atoms with van der Waals surface area (Å²) in [5, 5.41) is 0. The summed E-state index contributed by atoms with van der Waals surface area (Å²) in [6.45, 7) is 12.2. The van der Waals surface area contributed by atoms with E-state index in [1.165, 1.54) is 4.90 Å². The number of amides is 2. The summed E-state index contributed by atoms with van der Waals surface area (Å²) in [5.41, 5.74) is 0.938. The molecule has 1 heterocycles. The zero-order valence-corrected chi connectivity index (χ0v) is 14.1. The second kappa shape index (κ2) is 7.78. The van der Waals surface area contributed by atoms with Gasteiger partial charge in [0.25, 0.3) is 0 Å². The van der Waals surface area contributed by atoms with Crippen molar-refractivity contribution in [2.45, 2.75) is 33.5 Å². The van der Waals surface area contributed by atoms with Crippen LogP contribution in [0.2, 0.25) is 0 Å². The number of hydrogen-bond donors (Lipinski definition) is 0. The molecular formula is C14H25N2O4P. The molecule has 6 nitrogen and oxygen atoms in total. The molecule has 0 bridgehead atoms. The molecule has 1 aliphatic rings. The highest BCUT2D eigenvalue weighted by atomic mass is 31.2. The van der Waals surface area contributed by atoms with Crippen LogP contribution in [0.5, 0.6) is 0 Å². The lowest BCUT2D eigenvalue weighted by Gasteiger charge is -2.27. The zero-order chi connectivity index (χ0) is 16.0. The molecule has 0 aromatic heterocycles. The molecule has 21 heavy (non-hydrogen) atoms. The first-order chi connectivity index (χ1) is 9.89. The van der Waals surface area contributed by atoms with Crippen molar-refractivity contribution in [3.8, 4) is 0 Å². The van der Waals surface area contributed by atoms with Crippen molar-refractivity contribution in [2.24, 2.45) is 0 Å². The van der Waals surface area contributed by atoms with Gasteiger partial charge in [-0.2, -0.15) is 0 Å². The van der Waals surface area contributed by atoms with E-state index in [-0.39, 0.29) is 19.2 Å². The van der Waals surface area contributed by atoms with Crippen molar-refractivity contribution >= 4 is 13.6 Å². The van der Waals surface area contributed by atoms with Crippen molar-refractivity contribution in [3.63, 3.8) is 0 Å². The Hall–Kier alpha value is -1.10. The molecule has 0 spiro atoms. The van der Waals surface area contributed by atoms with E-state index in [0.29, 0.717) is 13.1 Å². The number of urea groups is 1. The highest BCUT2D eigenvalue weighted by Gasteiger charge is 2.48. The third kappa shape index (κ3) is 4.19. The van der Waals surface area contributed by atoms with E-state index < -0.39 is 13.4 Å². The Morgan fingerprint density at radius 2 is 1.95 bits per heavy atom. The minimum atomic E-state index is -3.39. The monoisotopic (exact) mass is 316 g/mol. The van der Waals surface area contributed by atoms with E-state index >= 15 is 0 Å². The SMILES string of the molecule is C=CCN1CC(P(=O)(OCC)OCC)N(C=C(C)C)C1=O. The van der Waals surface area contributed by atoms with E-state index in [1.807, 2.05) is 13.8 Å². The van der Waals surface area contributed by atoms with Crippen LogP contribution in [0, 0.1) is 0 Å².